The lowest BCUT2D eigenvalue weighted by molar-refractivity contribution is 0.277. The first-order chi connectivity index (χ1) is 6.77. The standard InChI is InChI=1S/C11H17N3/c1-14-7-9-6-11(4-5-12-8-11)3-2-10(9)13-14/h7,12H,2-6,8H2,1H3/t11-/m1/s1. The smallest absolute Gasteiger partial charge is 0.0656 e. The van der Waals surface area contributed by atoms with Crippen molar-refractivity contribution in [1.82, 2.24) is 15.1 Å². The summed E-state index contributed by atoms with van der Waals surface area (Å²) >= 11 is 0. The summed E-state index contributed by atoms with van der Waals surface area (Å²) in [4.78, 5) is 0. The van der Waals surface area contributed by atoms with E-state index in [-0.39, 0.29) is 0 Å². The summed E-state index contributed by atoms with van der Waals surface area (Å²) in [6.45, 7) is 2.41. The van der Waals surface area contributed by atoms with Gasteiger partial charge in [-0.15, -0.1) is 0 Å². The van der Waals surface area contributed by atoms with Crippen LogP contribution in [0.2, 0.25) is 0 Å². The van der Waals surface area contributed by atoms with Gasteiger partial charge in [0.15, 0.2) is 0 Å². The predicted molar refractivity (Wildman–Crippen MR) is 55.2 cm³/mol. The van der Waals surface area contributed by atoms with Gasteiger partial charge in [0.25, 0.3) is 0 Å². The van der Waals surface area contributed by atoms with Crippen LogP contribution in [0.25, 0.3) is 0 Å². The van der Waals surface area contributed by atoms with Gasteiger partial charge in [-0.05, 0) is 43.2 Å². The average molecular weight is 191 g/mol. The molecule has 14 heavy (non-hydrogen) atoms. The van der Waals surface area contributed by atoms with E-state index in [1.807, 2.05) is 11.7 Å². The normalized spacial score (nSPS) is 30.9. The quantitative estimate of drug-likeness (QED) is 0.660. The fourth-order valence-electron chi connectivity index (χ4n) is 2.98. The first-order valence-electron chi connectivity index (χ1n) is 5.50. The Morgan fingerprint density at radius 1 is 1.50 bits per heavy atom. The van der Waals surface area contributed by atoms with Crippen LogP contribution in [0.1, 0.15) is 24.1 Å². The SMILES string of the molecule is Cn1cc2c(n1)CC[C@@]1(CCNC1)C2. The van der Waals surface area contributed by atoms with Gasteiger partial charge in [-0.25, -0.2) is 0 Å². The fraction of sp³-hybridized carbons (Fsp3) is 0.727. The minimum absolute atomic E-state index is 0.566. The number of rotatable bonds is 0. The zero-order chi connectivity index (χ0) is 9.60. The molecule has 1 aromatic heterocycles. The molecule has 0 aromatic carbocycles. The van der Waals surface area contributed by atoms with E-state index in [4.69, 9.17) is 0 Å². The van der Waals surface area contributed by atoms with Crippen LogP contribution in [0.3, 0.4) is 0 Å². The van der Waals surface area contributed by atoms with Gasteiger partial charge in [0.1, 0.15) is 0 Å². The number of nitrogens with one attached hydrogen (secondary N) is 1. The molecule has 3 rings (SSSR count). The van der Waals surface area contributed by atoms with Crippen LogP contribution in [-0.2, 0) is 19.9 Å². The Hall–Kier alpha value is -0.830. The van der Waals surface area contributed by atoms with E-state index in [1.165, 1.54) is 50.0 Å². The van der Waals surface area contributed by atoms with Crippen molar-refractivity contribution in [2.45, 2.75) is 25.7 Å². The Balaban J connectivity index is 1.92. The number of hydrogen-bond donors (Lipinski definition) is 1. The number of aromatic nitrogens is 2. The topological polar surface area (TPSA) is 29.9 Å². The lowest BCUT2D eigenvalue weighted by Crippen LogP contribution is -2.30. The number of hydrogen-bond acceptors (Lipinski definition) is 2. The van der Waals surface area contributed by atoms with Crippen molar-refractivity contribution in [3.8, 4) is 0 Å². The molecular weight excluding hydrogens is 174 g/mol. The maximum Gasteiger partial charge on any atom is 0.0656 e. The Bertz CT molecular complexity index is 347. The molecule has 1 fully saturated rings. The zero-order valence-electron chi connectivity index (χ0n) is 8.71. The second-order valence-corrected chi connectivity index (χ2v) is 4.88. The van der Waals surface area contributed by atoms with Crippen molar-refractivity contribution in [3.05, 3.63) is 17.5 Å². The van der Waals surface area contributed by atoms with Crippen molar-refractivity contribution >= 4 is 0 Å². The van der Waals surface area contributed by atoms with Crippen LogP contribution in [0.5, 0.6) is 0 Å². The van der Waals surface area contributed by atoms with Crippen molar-refractivity contribution in [1.29, 1.82) is 0 Å². The van der Waals surface area contributed by atoms with Crippen molar-refractivity contribution < 1.29 is 0 Å². The monoisotopic (exact) mass is 191 g/mol. The third-order valence-corrected chi connectivity index (χ3v) is 3.78. The molecular formula is C11H17N3. The van der Waals surface area contributed by atoms with Gasteiger partial charge in [0.05, 0.1) is 5.69 Å². The highest BCUT2D eigenvalue weighted by atomic mass is 15.3. The molecule has 1 aromatic rings. The molecule has 2 heterocycles. The Morgan fingerprint density at radius 3 is 3.21 bits per heavy atom. The van der Waals surface area contributed by atoms with Gasteiger partial charge in [0, 0.05) is 19.8 Å². The summed E-state index contributed by atoms with van der Waals surface area (Å²) < 4.78 is 1.96. The molecule has 2 aliphatic rings. The number of aryl methyl sites for hydroxylation is 2. The van der Waals surface area contributed by atoms with Gasteiger partial charge in [0.2, 0.25) is 0 Å². The molecule has 0 bridgehead atoms. The molecule has 0 unspecified atom stereocenters. The molecule has 3 heteroatoms. The maximum absolute atomic E-state index is 4.50. The molecule has 76 valence electrons. The van der Waals surface area contributed by atoms with Crippen LogP contribution in [0, 0.1) is 5.41 Å². The Morgan fingerprint density at radius 2 is 2.43 bits per heavy atom. The summed E-state index contributed by atoms with van der Waals surface area (Å²) in [7, 11) is 2.03. The molecule has 1 saturated heterocycles. The highest BCUT2D eigenvalue weighted by Crippen LogP contribution is 2.39. The van der Waals surface area contributed by atoms with Crippen molar-refractivity contribution in [2.24, 2.45) is 12.5 Å². The minimum atomic E-state index is 0.566. The highest BCUT2D eigenvalue weighted by molar-refractivity contribution is 5.23. The second-order valence-electron chi connectivity index (χ2n) is 4.88. The van der Waals surface area contributed by atoms with Crippen molar-refractivity contribution in [2.75, 3.05) is 13.1 Å². The van der Waals surface area contributed by atoms with E-state index in [2.05, 4.69) is 16.6 Å². The third kappa shape index (κ3) is 1.19. The molecule has 0 saturated carbocycles. The fourth-order valence-corrected chi connectivity index (χ4v) is 2.98. The lowest BCUT2D eigenvalue weighted by atomic mass is 9.73. The second kappa shape index (κ2) is 2.83. The molecule has 0 radical (unpaired) electrons. The summed E-state index contributed by atoms with van der Waals surface area (Å²) in [6, 6.07) is 0. The molecule has 1 N–H and O–H groups in total. The molecule has 1 aliphatic carbocycles. The molecule has 1 atom stereocenters. The van der Waals surface area contributed by atoms with Gasteiger partial charge in [-0.1, -0.05) is 0 Å². The first kappa shape index (κ1) is 8.48. The van der Waals surface area contributed by atoms with E-state index in [9.17, 15) is 0 Å². The van der Waals surface area contributed by atoms with E-state index in [1.54, 1.807) is 0 Å². The van der Waals surface area contributed by atoms with Gasteiger partial charge in [-0.3, -0.25) is 4.68 Å². The van der Waals surface area contributed by atoms with Crippen LogP contribution in [-0.4, -0.2) is 22.9 Å². The van der Waals surface area contributed by atoms with Gasteiger partial charge in [-0.2, -0.15) is 5.10 Å². The van der Waals surface area contributed by atoms with Crippen LogP contribution in [0.4, 0.5) is 0 Å². The van der Waals surface area contributed by atoms with Crippen LogP contribution < -0.4 is 5.32 Å². The number of fused-ring (bicyclic) bond motifs is 1. The van der Waals surface area contributed by atoms with E-state index < -0.39 is 0 Å². The van der Waals surface area contributed by atoms with Crippen LogP contribution in [0.15, 0.2) is 6.20 Å². The Labute approximate surface area is 84.5 Å². The minimum Gasteiger partial charge on any atom is -0.316 e. The maximum atomic E-state index is 4.50. The third-order valence-electron chi connectivity index (χ3n) is 3.78. The van der Waals surface area contributed by atoms with E-state index in [0.29, 0.717) is 5.41 Å². The predicted octanol–water partition coefficient (Wildman–Crippen LogP) is 0.888. The molecule has 1 aliphatic heterocycles. The summed E-state index contributed by atoms with van der Waals surface area (Å²) in [5, 5.41) is 8.00. The van der Waals surface area contributed by atoms with E-state index in [0.717, 1.165) is 0 Å². The Kier molecular flexibility index (Phi) is 1.71. The molecule has 3 nitrogen and oxygen atoms in total. The lowest BCUT2D eigenvalue weighted by Gasteiger charge is -2.31. The highest BCUT2D eigenvalue weighted by Gasteiger charge is 2.37. The molecule has 1 spiro atoms. The average Bonchev–Trinajstić information content (AvgIpc) is 2.72. The zero-order valence-corrected chi connectivity index (χ0v) is 8.71. The first-order valence-corrected chi connectivity index (χ1v) is 5.50. The van der Waals surface area contributed by atoms with Gasteiger partial charge >= 0.3 is 0 Å². The van der Waals surface area contributed by atoms with Crippen molar-refractivity contribution in [3.63, 3.8) is 0 Å². The molecule has 0 amide bonds. The summed E-state index contributed by atoms with van der Waals surface area (Å²) in [5.74, 6) is 0. The van der Waals surface area contributed by atoms with Gasteiger partial charge < -0.3 is 5.32 Å². The number of nitrogens with zero attached hydrogens (tertiary/aromatic N) is 2. The van der Waals surface area contributed by atoms with Crippen LogP contribution >= 0.6 is 0 Å². The largest absolute Gasteiger partial charge is 0.316 e. The summed E-state index contributed by atoms with van der Waals surface area (Å²) in [6.07, 6.45) is 7.29. The summed E-state index contributed by atoms with van der Waals surface area (Å²) in [5.41, 5.74) is 3.39. The van der Waals surface area contributed by atoms with E-state index >= 15 is 0 Å².